The van der Waals surface area contributed by atoms with Gasteiger partial charge in [-0.15, -0.1) is 0 Å². The zero-order chi connectivity index (χ0) is 31.9. The maximum Gasteiger partial charge on any atom is 0.247 e. The van der Waals surface area contributed by atoms with Crippen LogP contribution in [0.25, 0.3) is 21.9 Å². The van der Waals surface area contributed by atoms with Gasteiger partial charge in [0.25, 0.3) is 0 Å². The number of carbonyl (C=O) groups is 1. The van der Waals surface area contributed by atoms with Crippen LogP contribution < -0.4 is 25.0 Å². The number of nitrogens with one attached hydrogen (secondary N) is 2. The molecule has 2 N–H and O–H groups in total. The summed E-state index contributed by atoms with van der Waals surface area (Å²) < 4.78 is 26.0. The van der Waals surface area contributed by atoms with Crippen molar-refractivity contribution >= 4 is 39.7 Å². The molecule has 1 heterocycles. The lowest BCUT2D eigenvalue weighted by molar-refractivity contribution is -0.111. The summed E-state index contributed by atoms with van der Waals surface area (Å²) in [7, 11) is 7.52. The second kappa shape index (κ2) is 13.9. The first-order chi connectivity index (χ1) is 21.7. The number of rotatable bonds is 12. The Hall–Kier alpha value is -5.48. The lowest BCUT2D eigenvalue weighted by Crippen LogP contribution is -2.29. The van der Waals surface area contributed by atoms with Crippen LogP contribution >= 0.6 is 0 Å². The van der Waals surface area contributed by atoms with Crippen molar-refractivity contribution in [1.29, 1.82) is 0 Å². The van der Waals surface area contributed by atoms with E-state index in [-0.39, 0.29) is 23.6 Å². The summed E-state index contributed by atoms with van der Waals surface area (Å²) in [5, 5.41) is 8.06. The van der Waals surface area contributed by atoms with Gasteiger partial charge < -0.3 is 29.9 Å². The number of benzene rings is 4. The minimum atomic E-state index is -0.350. The number of likely N-dealkylation sites (N-methyl/N-ethyl adjacent to an activating group) is 2. The number of aromatic nitrogens is 2. The first-order valence-corrected chi connectivity index (χ1v) is 14.3. The molecule has 0 atom stereocenters. The highest BCUT2D eigenvalue weighted by Gasteiger charge is 2.18. The SMILES string of the molecule is C=CC(=O)Nc1cc(Nc2ncc(-c3ccc(F)cc3)c(Oc3cccc4ccccc34)n2)c(OC)cc1N(C)CCN(C)C. The minimum absolute atomic E-state index is 0.226. The Balaban J connectivity index is 1.56. The van der Waals surface area contributed by atoms with E-state index in [0.29, 0.717) is 40.5 Å². The number of methoxy groups -OCH3 is 1. The van der Waals surface area contributed by atoms with Crippen molar-refractivity contribution < 1.29 is 18.7 Å². The summed E-state index contributed by atoms with van der Waals surface area (Å²) in [5.74, 6) is 0.925. The third-order valence-corrected chi connectivity index (χ3v) is 7.17. The van der Waals surface area contributed by atoms with Crippen LogP contribution in [0.15, 0.2) is 97.7 Å². The lowest BCUT2D eigenvalue weighted by atomic mass is 10.1. The number of amides is 1. The van der Waals surface area contributed by atoms with Gasteiger partial charge in [-0.25, -0.2) is 9.37 Å². The predicted molar refractivity (Wildman–Crippen MR) is 178 cm³/mol. The largest absolute Gasteiger partial charge is 0.494 e. The van der Waals surface area contributed by atoms with Gasteiger partial charge in [-0.2, -0.15) is 4.98 Å². The Labute approximate surface area is 261 Å². The Morgan fingerprint density at radius 1 is 0.956 bits per heavy atom. The monoisotopic (exact) mass is 606 g/mol. The van der Waals surface area contributed by atoms with Crippen LogP contribution in [0.5, 0.6) is 17.4 Å². The normalized spacial score (nSPS) is 10.9. The maximum atomic E-state index is 13.8. The molecular weight excluding hydrogens is 571 g/mol. The number of carbonyl (C=O) groups excluding carboxylic acids is 1. The van der Waals surface area contributed by atoms with Gasteiger partial charge in [0.05, 0.1) is 29.7 Å². The Morgan fingerprint density at radius 3 is 2.44 bits per heavy atom. The molecule has 5 rings (SSSR count). The number of hydrogen-bond acceptors (Lipinski definition) is 8. The summed E-state index contributed by atoms with van der Waals surface area (Å²) in [4.78, 5) is 25.8. The third kappa shape index (κ3) is 7.36. The van der Waals surface area contributed by atoms with Gasteiger partial charge in [0, 0.05) is 37.8 Å². The zero-order valence-electron chi connectivity index (χ0n) is 25.7. The van der Waals surface area contributed by atoms with Crippen molar-refractivity contribution in [2.75, 3.05) is 56.9 Å². The van der Waals surface area contributed by atoms with Crippen molar-refractivity contribution in [2.45, 2.75) is 0 Å². The smallest absolute Gasteiger partial charge is 0.247 e. The van der Waals surface area contributed by atoms with Crippen LogP contribution in [0.3, 0.4) is 0 Å². The van der Waals surface area contributed by atoms with Crippen molar-refractivity contribution in [1.82, 2.24) is 14.9 Å². The molecule has 0 aliphatic rings. The van der Waals surface area contributed by atoms with Gasteiger partial charge in [-0.3, -0.25) is 4.79 Å². The molecule has 0 bridgehead atoms. The number of ether oxygens (including phenoxy) is 2. The molecule has 45 heavy (non-hydrogen) atoms. The van der Waals surface area contributed by atoms with Crippen LogP contribution in [-0.4, -0.2) is 62.1 Å². The number of nitrogens with zero attached hydrogens (tertiary/aromatic N) is 4. The van der Waals surface area contributed by atoms with Gasteiger partial charge >= 0.3 is 0 Å². The van der Waals surface area contributed by atoms with Gasteiger partial charge in [0.2, 0.25) is 17.7 Å². The van der Waals surface area contributed by atoms with Crippen LogP contribution in [-0.2, 0) is 4.79 Å². The fraction of sp³-hybridized carbons (Fsp3) is 0.171. The number of anilines is 4. The van der Waals surface area contributed by atoms with Crippen molar-refractivity contribution in [3.05, 3.63) is 104 Å². The molecule has 5 aromatic rings. The van der Waals surface area contributed by atoms with Crippen molar-refractivity contribution in [3.8, 4) is 28.5 Å². The second-order valence-electron chi connectivity index (χ2n) is 10.6. The highest BCUT2D eigenvalue weighted by atomic mass is 19.1. The minimum Gasteiger partial charge on any atom is -0.494 e. The number of fused-ring (bicyclic) bond motifs is 1. The van der Waals surface area contributed by atoms with Gasteiger partial charge in [-0.05, 0) is 55.4 Å². The molecule has 0 saturated heterocycles. The third-order valence-electron chi connectivity index (χ3n) is 7.17. The van der Waals surface area contributed by atoms with Crippen LogP contribution in [0, 0.1) is 5.82 Å². The number of hydrogen-bond donors (Lipinski definition) is 2. The van der Waals surface area contributed by atoms with Gasteiger partial charge in [-0.1, -0.05) is 55.1 Å². The van der Waals surface area contributed by atoms with Crippen molar-refractivity contribution in [2.24, 2.45) is 0 Å². The maximum absolute atomic E-state index is 13.8. The molecule has 0 spiro atoms. The summed E-state index contributed by atoms with van der Waals surface area (Å²) in [6.07, 6.45) is 2.84. The Bertz CT molecular complexity index is 1820. The summed E-state index contributed by atoms with van der Waals surface area (Å²) in [5.41, 5.74) is 3.11. The zero-order valence-corrected chi connectivity index (χ0v) is 25.7. The molecule has 1 aromatic heterocycles. The Kier molecular flexibility index (Phi) is 9.54. The molecule has 0 radical (unpaired) electrons. The standard InChI is InChI=1S/C35H35FN6O3/c1-6-33(43)38-28-20-29(32(44-5)21-30(28)42(4)19-18-41(2)3)39-35-37-22-27(24-14-16-25(36)17-15-24)34(40-35)45-31-13-9-11-23-10-7-8-12-26(23)31/h6-17,20-22H,1,18-19H2,2-5H3,(H,38,43)(H,37,39,40). The second-order valence-corrected chi connectivity index (χ2v) is 10.6. The lowest BCUT2D eigenvalue weighted by Gasteiger charge is -2.26. The highest BCUT2D eigenvalue weighted by Crippen LogP contribution is 2.39. The molecule has 0 aliphatic heterocycles. The molecule has 1 amide bonds. The summed E-state index contributed by atoms with van der Waals surface area (Å²) in [6, 6.07) is 23.4. The van der Waals surface area contributed by atoms with Crippen LogP contribution in [0.4, 0.5) is 27.4 Å². The predicted octanol–water partition coefficient (Wildman–Crippen LogP) is 7.10. The molecule has 4 aromatic carbocycles. The van der Waals surface area contributed by atoms with Gasteiger partial charge in [0.1, 0.15) is 17.3 Å². The van der Waals surface area contributed by atoms with E-state index in [1.807, 2.05) is 74.6 Å². The first kappa shape index (κ1) is 31.0. The van der Waals surface area contributed by atoms with E-state index >= 15 is 0 Å². The summed E-state index contributed by atoms with van der Waals surface area (Å²) >= 11 is 0. The fourth-order valence-electron chi connectivity index (χ4n) is 4.75. The van der Waals surface area contributed by atoms with E-state index in [2.05, 4.69) is 27.1 Å². The first-order valence-electron chi connectivity index (χ1n) is 14.3. The van der Waals surface area contributed by atoms with E-state index in [9.17, 15) is 9.18 Å². The fourth-order valence-corrected chi connectivity index (χ4v) is 4.75. The quantitative estimate of drug-likeness (QED) is 0.145. The topological polar surface area (TPSA) is 91.8 Å². The average Bonchev–Trinajstić information content (AvgIpc) is 3.04. The molecule has 0 unspecified atom stereocenters. The molecule has 230 valence electrons. The van der Waals surface area contributed by atoms with Crippen LogP contribution in [0.2, 0.25) is 0 Å². The molecule has 10 heteroatoms. The molecule has 0 aliphatic carbocycles. The number of halogens is 1. The molecule has 0 saturated carbocycles. The van der Waals surface area contributed by atoms with E-state index in [4.69, 9.17) is 14.5 Å². The molecule has 0 fully saturated rings. The average molecular weight is 607 g/mol. The molecule has 9 nitrogen and oxygen atoms in total. The van der Waals surface area contributed by atoms with Crippen molar-refractivity contribution in [3.63, 3.8) is 0 Å². The van der Waals surface area contributed by atoms with Gasteiger partial charge in [0.15, 0.2) is 0 Å². The highest BCUT2D eigenvalue weighted by molar-refractivity contribution is 6.02. The summed E-state index contributed by atoms with van der Waals surface area (Å²) in [6.45, 7) is 5.11. The van der Waals surface area contributed by atoms with E-state index in [1.54, 1.807) is 31.5 Å². The Morgan fingerprint density at radius 2 is 1.71 bits per heavy atom. The van der Waals surface area contributed by atoms with E-state index < -0.39 is 0 Å². The van der Waals surface area contributed by atoms with Crippen LogP contribution in [0.1, 0.15) is 0 Å². The molecular formula is C35H35FN6O3. The van der Waals surface area contributed by atoms with E-state index in [1.165, 1.54) is 18.2 Å². The van der Waals surface area contributed by atoms with E-state index in [0.717, 1.165) is 23.0 Å².